The Hall–Kier alpha value is -2.53. The highest BCUT2D eigenvalue weighted by molar-refractivity contribution is 6.30. The minimum atomic E-state index is -0.394. The Morgan fingerprint density at radius 3 is 2.80 bits per heavy atom. The van der Waals surface area contributed by atoms with Gasteiger partial charge in [0, 0.05) is 34.9 Å². The Morgan fingerprint density at radius 2 is 2.04 bits per heavy atom. The van der Waals surface area contributed by atoms with E-state index < -0.39 is 5.82 Å². The smallest absolute Gasteiger partial charge is 0.164 e. The molecule has 3 aromatic rings. The van der Waals surface area contributed by atoms with Crippen molar-refractivity contribution >= 4 is 23.1 Å². The van der Waals surface area contributed by atoms with E-state index in [1.807, 2.05) is 13.0 Å². The highest BCUT2D eigenvalue weighted by Gasteiger charge is 2.28. The number of pyridine rings is 1. The van der Waals surface area contributed by atoms with Crippen molar-refractivity contribution in [3.63, 3.8) is 0 Å². The van der Waals surface area contributed by atoms with E-state index >= 15 is 0 Å². The highest BCUT2D eigenvalue weighted by atomic mass is 35.5. The number of anilines is 2. The van der Waals surface area contributed by atoms with Gasteiger partial charge < -0.3 is 5.32 Å². The number of nitrogens with one attached hydrogen (secondary N) is 1. The van der Waals surface area contributed by atoms with E-state index in [0.717, 1.165) is 29.7 Å². The van der Waals surface area contributed by atoms with Crippen molar-refractivity contribution in [2.45, 2.75) is 25.7 Å². The largest absolute Gasteiger partial charge is 0.340 e. The lowest BCUT2D eigenvalue weighted by Crippen LogP contribution is -2.03. The fraction of sp³-hybridized carbons (Fsp3) is 0.211. The van der Waals surface area contributed by atoms with Gasteiger partial charge in [-0.3, -0.25) is 4.98 Å². The second-order valence-corrected chi connectivity index (χ2v) is 6.65. The fourth-order valence-corrected chi connectivity index (χ4v) is 2.90. The molecule has 0 amide bonds. The summed E-state index contributed by atoms with van der Waals surface area (Å²) in [5.74, 6) is 1.09. The summed E-state index contributed by atoms with van der Waals surface area (Å²) in [7, 11) is 0. The summed E-state index contributed by atoms with van der Waals surface area (Å²) in [5.41, 5.74) is 3.29. The lowest BCUT2D eigenvalue weighted by Gasteiger charge is -2.13. The first-order valence-electron chi connectivity index (χ1n) is 8.12. The number of benzene rings is 1. The monoisotopic (exact) mass is 354 g/mol. The molecule has 1 N–H and O–H groups in total. The highest BCUT2D eigenvalue weighted by Crippen LogP contribution is 2.43. The average molecular weight is 355 g/mol. The first-order chi connectivity index (χ1) is 12.1. The molecule has 0 atom stereocenters. The summed E-state index contributed by atoms with van der Waals surface area (Å²) in [5, 5.41) is 3.81. The third-order valence-electron chi connectivity index (χ3n) is 4.28. The maximum absolute atomic E-state index is 14.2. The number of rotatable bonds is 4. The molecule has 6 heteroatoms. The van der Waals surface area contributed by atoms with E-state index in [4.69, 9.17) is 11.6 Å². The van der Waals surface area contributed by atoms with Crippen LogP contribution in [-0.2, 0) is 0 Å². The van der Waals surface area contributed by atoms with Crippen LogP contribution in [0.15, 0.2) is 42.9 Å². The van der Waals surface area contributed by atoms with Crippen LogP contribution in [0.4, 0.5) is 15.9 Å². The van der Waals surface area contributed by atoms with Gasteiger partial charge in [0.1, 0.15) is 11.6 Å². The zero-order chi connectivity index (χ0) is 17.4. The number of aryl methyl sites for hydroxylation is 1. The maximum Gasteiger partial charge on any atom is 0.164 e. The fourth-order valence-electron chi connectivity index (χ4n) is 2.72. The van der Waals surface area contributed by atoms with Crippen LogP contribution in [0.2, 0.25) is 5.02 Å². The lowest BCUT2D eigenvalue weighted by atomic mass is 10.1. The van der Waals surface area contributed by atoms with Crippen LogP contribution < -0.4 is 5.32 Å². The van der Waals surface area contributed by atoms with Gasteiger partial charge in [-0.15, -0.1) is 0 Å². The Labute approximate surface area is 150 Å². The molecule has 4 rings (SSSR count). The second kappa shape index (κ2) is 6.41. The minimum Gasteiger partial charge on any atom is -0.340 e. The van der Waals surface area contributed by atoms with E-state index in [1.165, 1.54) is 12.1 Å². The molecule has 0 bridgehead atoms. The molecule has 2 heterocycles. The topological polar surface area (TPSA) is 50.7 Å². The summed E-state index contributed by atoms with van der Waals surface area (Å²) in [6, 6.07) is 6.28. The van der Waals surface area contributed by atoms with E-state index in [1.54, 1.807) is 24.7 Å². The number of aromatic nitrogens is 3. The van der Waals surface area contributed by atoms with Gasteiger partial charge in [0.25, 0.3) is 0 Å². The molecule has 1 fully saturated rings. The summed E-state index contributed by atoms with van der Waals surface area (Å²) in [4.78, 5) is 13.1. The van der Waals surface area contributed by atoms with Gasteiger partial charge >= 0.3 is 0 Å². The Balaban J connectivity index is 1.78. The van der Waals surface area contributed by atoms with Crippen molar-refractivity contribution in [1.29, 1.82) is 0 Å². The third-order valence-corrected chi connectivity index (χ3v) is 4.51. The van der Waals surface area contributed by atoms with Crippen LogP contribution in [0.5, 0.6) is 0 Å². The van der Waals surface area contributed by atoms with Crippen molar-refractivity contribution in [3.05, 3.63) is 64.8 Å². The second-order valence-electron chi connectivity index (χ2n) is 6.21. The Kier molecular flexibility index (Phi) is 4.09. The summed E-state index contributed by atoms with van der Waals surface area (Å²) >= 11 is 6.00. The number of halogens is 2. The molecule has 0 saturated heterocycles. The molecule has 1 aliphatic rings. The van der Waals surface area contributed by atoms with E-state index in [0.29, 0.717) is 28.1 Å². The van der Waals surface area contributed by atoms with Crippen LogP contribution in [0.3, 0.4) is 0 Å². The van der Waals surface area contributed by atoms with Crippen molar-refractivity contribution < 1.29 is 4.39 Å². The molecule has 0 aliphatic heterocycles. The van der Waals surface area contributed by atoms with E-state index in [2.05, 4.69) is 20.3 Å². The number of hydrogen-bond acceptors (Lipinski definition) is 4. The molecular formula is C19H16ClFN4. The first kappa shape index (κ1) is 16.0. The number of nitrogens with zero attached hydrogens (tertiary/aromatic N) is 3. The Bertz CT molecular complexity index is 940. The van der Waals surface area contributed by atoms with Crippen LogP contribution in [0.25, 0.3) is 11.4 Å². The Morgan fingerprint density at radius 1 is 1.20 bits per heavy atom. The van der Waals surface area contributed by atoms with E-state index in [9.17, 15) is 4.39 Å². The molecular weight excluding hydrogens is 339 g/mol. The molecule has 4 nitrogen and oxygen atoms in total. The molecule has 0 spiro atoms. The van der Waals surface area contributed by atoms with Crippen molar-refractivity contribution in [3.8, 4) is 11.4 Å². The van der Waals surface area contributed by atoms with Gasteiger partial charge in [-0.05, 0) is 55.5 Å². The van der Waals surface area contributed by atoms with Crippen LogP contribution in [-0.4, -0.2) is 15.0 Å². The summed E-state index contributed by atoms with van der Waals surface area (Å²) in [6.45, 7) is 1.98. The zero-order valence-corrected chi connectivity index (χ0v) is 14.4. The van der Waals surface area contributed by atoms with Gasteiger partial charge in [0.15, 0.2) is 5.82 Å². The lowest BCUT2D eigenvalue weighted by molar-refractivity contribution is 0.630. The summed E-state index contributed by atoms with van der Waals surface area (Å²) < 4.78 is 14.2. The summed E-state index contributed by atoms with van der Waals surface area (Å²) in [6.07, 6.45) is 7.55. The standard InChI is InChI=1S/C19H16ClFN4/c1-11-9-22-7-6-17(11)24-19-15(12-2-3-12)10-23-18(25-19)14-8-13(20)4-5-16(14)21/h4-10,12H,2-3H2,1H3,(H,22,23,24,25). The third kappa shape index (κ3) is 3.33. The van der Waals surface area contributed by atoms with Gasteiger partial charge in [-0.1, -0.05) is 11.6 Å². The molecule has 126 valence electrons. The van der Waals surface area contributed by atoms with Crippen LogP contribution in [0, 0.1) is 12.7 Å². The quantitative estimate of drug-likeness (QED) is 0.694. The zero-order valence-electron chi connectivity index (χ0n) is 13.6. The van der Waals surface area contributed by atoms with Crippen LogP contribution in [0.1, 0.15) is 29.9 Å². The minimum absolute atomic E-state index is 0.296. The molecule has 2 aromatic heterocycles. The van der Waals surface area contributed by atoms with Crippen LogP contribution >= 0.6 is 11.6 Å². The first-order valence-corrected chi connectivity index (χ1v) is 8.49. The van der Waals surface area contributed by atoms with Gasteiger partial charge in [0.05, 0.1) is 5.56 Å². The molecule has 25 heavy (non-hydrogen) atoms. The average Bonchev–Trinajstić information content (AvgIpc) is 3.44. The van der Waals surface area contributed by atoms with E-state index in [-0.39, 0.29) is 0 Å². The normalized spacial score (nSPS) is 13.7. The predicted molar refractivity (Wildman–Crippen MR) is 96.7 cm³/mol. The maximum atomic E-state index is 14.2. The van der Waals surface area contributed by atoms with Crippen molar-refractivity contribution in [1.82, 2.24) is 15.0 Å². The number of hydrogen-bond donors (Lipinski definition) is 1. The molecule has 0 unspecified atom stereocenters. The molecule has 1 aliphatic carbocycles. The SMILES string of the molecule is Cc1cnccc1Nc1nc(-c2cc(Cl)ccc2F)ncc1C1CC1. The van der Waals surface area contributed by atoms with Gasteiger partial charge in [-0.25, -0.2) is 14.4 Å². The molecule has 0 radical (unpaired) electrons. The van der Waals surface area contributed by atoms with Gasteiger partial charge in [-0.2, -0.15) is 0 Å². The molecule has 1 saturated carbocycles. The van der Waals surface area contributed by atoms with Crippen molar-refractivity contribution in [2.24, 2.45) is 0 Å². The van der Waals surface area contributed by atoms with Gasteiger partial charge in [0.2, 0.25) is 0 Å². The van der Waals surface area contributed by atoms with Crippen molar-refractivity contribution in [2.75, 3.05) is 5.32 Å². The predicted octanol–water partition coefficient (Wildman–Crippen LogP) is 5.26. The molecule has 1 aromatic carbocycles.